The van der Waals surface area contributed by atoms with Crippen LogP contribution < -0.4 is 4.74 Å². The van der Waals surface area contributed by atoms with E-state index in [9.17, 15) is 9.90 Å². The van der Waals surface area contributed by atoms with Crippen LogP contribution in [0.2, 0.25) is 0 Å². The van der Waals surface area contributed by atoms with Crippen molar-refractivity contribution in [1.29, 1.82) is 0 Å². The van der Waals surface area contributed by atoms with Gasteiger partial charge in [-0.2, -0.15) is 0 Å². The maximum Gasteiger partial charge on any atom is 0.336 e. The minimum Gasteiger partial charge on any atom is -0.491 e. The highest BCUT2D eigenvalue weighted by molar-refractivity contribution is 9.10. The molecule has 0 fully saturated rings. The number of ether oxygens (including phenoxy) is 2. The number of aromatic carboxylic acids is 1. The number of aliphatic hydroxyl groups is 1. The van der Waals surface area contributed by atoms with Gasteiger partial charge in [0.25, 0.3) is 0 Å². The molecule has 0 saturated carbocycles. The van der Waals surface area contributed by atoms with Crippen molar-refractivity contribution in [2.24, 2.45) is 0 Å². The number of aliphatic hydroxyl groups excluding tert-OH is 1. The van der Waals surface area contributed by atoms with E-state index >= 15 is 0 Å². The SMILES string of the molecule is CCOCC(O)COc1ccc(Br)c(C(=O)O)c1. The molecule has 1 unspecified atom stereocenters. The molecule has 0 saturated heterocycles. The zero-order chi connectivity index (χ0) is 13.5. The van der Waals surface area contributed by atoms with Gasteiger partial charge in [-0.25, -0.2) is 4.79 Å². The summed E-state index contributed by atoms with van der Waals surface area (Å²) >= 11 is 3.14. The van der Waals surface area contributed by atoms with Crippen LogP contribution in [-0.4, -0.2) is 42.1 Å². The zero-order valence-corrected chi connectivity index (χ0v) is 11.5. The van der Waals surface area contributed by atoms with Gasteiger partial charge in [-0.05, 0) is 41.1 Å². The second-order valence-corrected chi connectivity index (χ2v) is 4.43. The van der Waals surface area contributed by atoms with Crippen LogP contribution in [0.1, 0.15) is 17.3 Å². The predicted molar refractivity (Wildman–Crippen MR) is 69.1 cm³/mol. The van der Waals surface area contributed by atoms with E-state index in [2.05, 4.69) is 15.9 Å². The van der Waals surface area contributed by atoms with Gasteiger partial charge in [0.2, 0.25) is 0 Å². The van der Waals surface area contributed by atoms with Crippen molar-refractivity contribution >= 4 is 21.9 Å². The van der Waals surface area contributed by atoms with Gasteiger partial charge in [-0.15, -0.1) is 0 Å². The molecular formula is C12H15BrO5. The Labute approximate surface area is 113 Å². The standard InChI is InChI=1S/C12H15BrO5/c1-2-17-6-8(14)7-18-9-3-4-11(13)10(5-9)12(15)16/h3-5,8,14H,2,6-7H2,1H3,(H,15,16). The third-order valence-electron chi connectivity index (χ3n) is 2.12. The van der Waals surface area contributed by atoms with Crippen molar-refractivity contribution in [2.45, 2.75) is 13.0 Å². The highest BCUT2D eigenvalue weighted by Crippen LogP contribution is 2.22. The maximum atomic E-state index is 10.9. The summed E-state index contributed by atoms with van der Waals surface area (Å²) in [5.41, 5.74) is 0.117. The van der Waals surface area contributed by atoms with Gasteiger partial charge in [0.1, 0.15) is 18.5 Å². The second-order valence-electron chi connectivity index (χ2n) is 3.57. The lowest BCUT2D eigenvalue weighted by molar-refractivity contribution is 0.0164. The lowest BCUT2D eigenvalue weighted by Crippen LogP contribution is -2.23. The van der Waals surface area contributed by atoms with Crippen LogP contribution in [0.5, 0.6) is 5.75 Å². The molecule has 0 aliphatic heterocycles. The first kappa shape index (κ1) is 14.9. The fraction of sp³-hybridized carbons (Fsp3) is 0.417. The normalized spacial score (nSPS) is 12.2. The number of rotatable bonds is 7. The molecule has 1 atom stereocenters. The lowest BCUT2D eigenvalue weighted by Gasteiger charge is -2.12. The van der Waals surface area contributed by atoms with Crippen molar-refractivity contribution in [1.82, 2.24) is 0 Å². The number of hydrogen-bond acceptors (Lipinski definition) is 4. The van der Waals surface area contributed by atoms with E-state index in [0.29, 0.717) is 16.8 Å². The summed E-state index contributed by atoms with van der Waals surface area (Å²) in [5.74, 6) is -0.645. The monoisotopic (exact) mass is 318 g/mol. The molecule has 2 N–H and O–H groups in total. The summed E-state index contributed by atoms with van der Waals surface area (Å²) < 4.78 is 10.8. The molecule has 0 aliphatic carbocycles. The van der Waals surface area contributed by atoms with E-state index in [0.717, 1.165) is 0 Å². The third-order valence-corrected chi connectivity index (χ3v) is 2.82. The summed E-state index contributed by atoms with van der Waals surface area (Å²) in [6.07, 6.45) is -0.734. The molecule has 0 heterocycles. The minimum absolute atomic E-state index is 0.0562. The zero-order valence-electron chi connectivity index (χ0n) is 9.93. The van der Waals surface area contributed by atoms with Crippen LogP contribution in [0.4, 0.5) is 0 Å². The lowest BCUT2D eigenvalue weighted by atomic mass is 10.2. The van der Waals surface area contributed by atoms with Gasteiger partial charge in [0.15, 0.2) is 0 Å². The second kappa shape index (κ2) is 7.35. The fourth-order valence-corrected chi connectivity index (χ4v) is 1.67. The number of benzene rings is 1. The van der Waals surface area contributed by atoms with Crippen LogP contribution in [0, 0.1) is 0 Å². The molecule has 1 rings (SSSR count). The molecule has 6 heteroatoms. The van der Waals surface area contributed by atoms with Gasteiger partial charge >= 0.3 is 5.97 Å². The molecule has 18 heavy (non-hydrogen) atoms. The fourth-order valence-electron chi connectivity index (χ4n) is 1.25. The Morgan fingerprint density at radius 3 is 2.78 bits per heavy atom. The van der Waals surface area contributed by atoms with E-state index in [-0.39, 0.29) is 18.8 Å². The first-order valence-corrected chi connectivity index (χ1v) is 6.25. The number of carbonyl (C=O) groups is 1. The summed E-state index contributed by atoms with van der Waals surface area (Å²) in [4.78, 5) is 10.9. The van der Waals surface area contributed by atoms with Gasteiger partial charge in [-0.3, -0.25) is 0 Å². The van der Waals surface area contributed by atoms with Crippen molar-refractivity contribution in [3.63, 3.8) is 0 Å². The Hall–Kier alpha value is -1.11. The summed E-state index contributed by atoms with van der Waals surface area (Å²) in [6, 6.07) is 4.62. The Bertz CT molecular complexity index is 407. The van der Waals surface area contributed by atoms with Crippen LogP contribution >= 0.6 is 15.9 Å². The van der Waals surface area contributed by atoms with E-state index in [1.54, 1.807) is 12.1 Å². The van der Waals surface area contributed by atoms with Crippen molar-refractivity contribution in [2.75, 3.05) is 19.8 Å². The number of carboxylic acid groups (broad SMARTS) is 1. The highest BCUT2D eigenvalue weighted by atomic mass is 79.9. The van der Waals surface area contributed by atoms with E-state index in [1.807, 2.05) is 6.92 Å². The van der Waals surface area contributed by atoms with E-state index in [1.165, 1.54) is 6.07 Å². The quantitative estimate of drug-likeness (QED) is 0.803. The van der Waals surface area contributed by atoms with Crippen LogP contribution in [-0.2, 0) is 4.74 Å². The number of hydrogen-bond donors (Lipinski definition) is 2. The minimum atomic E-state index is -1.04. The van der Waals surface area contributed by atoms with Gasteiger partial charge in [-0.1, -0.05) is 0 Å². The summed E-state index contributed by atoms with van der Waals surface area (Å²) in [7, 11) is 0. The average Bonchev–Trinajstić information content (AvgIpc) is 2.35. The number of halogens is 1. The summed E-state index contributed by atoms with van der Waals surface area (Å²) in [5, 5.41) is 18.4. The molecular weight excluding hydrogens is 304 g/mol. The summed E-state index contributed by atoms with van der Waals surface area (Å²) in [6.45, 7) is 2.61. The average molecular weight is 319 g/mol. The van der Waals surface area contributed by atoms with E-state index in [4.69, 9.17) is 14.6 Å². The predicted octanol–water partition coefficient (Wildman–Crippen LogP) is 1.92. The third kappa shape index (κ3) is 4.64. The van der Waals surface area contributed by atoms with Crippen LogP contribution in [0.3, 0.4) is 0 Å². The molecule has 0 amide bonds. The first-order chi connectivity index (χ1) is 8.54. The molecule has 5 nitrogen and oxygen atoms in total. The molecule has 0 aliphatic rings. The maximum absolute atomic E-state index is 10.9. The van der Waals surface area contributed by atoms with Crippen LogP contribution in [0.25, 0.3) is 0 Å². The van der Waals surface area contributed by atoms with Gasteiger partial charge < -0.3 is 19.7 Å². The first-order valence-electron chi connectivity index (χ1n) is 5.46. The Morgan fingerprint density at radius 2 is 2.17 bits per heavy atom. The largest absolute Gasteiger partial charge is 0.491 e. The van der Waals surface area contributed by atoms with Crippen molar-refractivity contribution < 1.29 is 24.5 Å². The molecule has 0 radical (unpaired) electrons. The Morgan fingerprint density at radius 1 is 1.44 bits per heavy atom. The molecule has 0 bridgehead atoms. The van der Waals surface area contributed by atoms with Gasteiger partial charge in [0, 0.05) is 11.1 Å². The Kier molecular flexibility index (Phi) is 6.11. The number of carboxylic acids is 1. The van der Waals surface area contributed by atoms with Crippen LogP contribution in [0.15, 0.2) is 22.7 Å². The molecule has 1 aromatic rings. The molecule has 1 aromatic carbocycles. The Balaban J connectivity index is 2.57. The molecule has 100 valence electrons. The highest BCUT2D eigenvalue weighted by Gasteiger charge is 2.11. The van der Waals surface area contributed by atoms with E-state index < -0.39 is 12.1 Å². The topological polar surface area (TPSA) is 76.0 Å². The van der Waals surface area contributed by atoms with Gasteiger partial charge in [0.05, 0.1) is 12.2 Å². The smallest absolute Gasteiger partial charge is 0.336 e. The van der Waals surface area contributed by atoms with Crippen molar-refractivity contribution in [3.05, 3.63) is 28.2 Å². The molecule has 0 aromatic heterocycles. The molecule has 0 spiro atoms. The van der Waals surface area contributed by atoms with Crippen molar-refractivity contribution in [3.8, 4) is 5.75 Å².